The quantitative estimate of drug-likeness (QED) is 0.492. The molecule has 1 heterocycles. The van der Waals surface area contributed by atoms with Crippen LogP contribution in [0.1, 0.15) is 30.4 Å². The molecule has 0 radical (unpaired) electrons. The maximum absolute atomic E-state index is 13.0. The summed E-state index contributed by atoms with van der Waals surface area (Å²) in [5, 5.41) is 3.02. The molecule has 30 heavy (non-hydrogen) atoms. The molecule has 0 spiro atoms. The summed E-state index contributed by atoms with van der Waals surface area (Å²) in [6.07, 6.45) is 2.04. The number of hydrogen-bond donors (Lipinski definition) is 1. The average Bonchev–Trinajstić information content (AvgIpc) is 2.74. The number of amides is 1. The molecule has 1 N–H and O–H groups in total. The molecule has 2 aromatic rings. The van der Waals surface area contributed by atoms with E-state index in [1.54, 1.807) is 17.8 Å². The summed E-state index contributed by atoms with van der Waals surface area (Å²) in [4.78, 5) is 14.1. The number of benzene rings is 2. The Morgan fingerprint density at radius 2 is 1.80 bits per heavy atom. The van der Waals surface area contributed by atoms with Crippen LogP contribution in [0.15, 0.2) is 58.3 Å². The minimum Gasteiger partial charge on any atom is -0.356 e. The molecule has 0 bridgehead atoms. The highest BCUT2D eigenvalue weighted by atomic mass is 32.2. The normalized spacial score (nSPS) is 15.8. The van der Waals surface area contributed by atoms with Crippen molar-refractivity contribution in [3.63, 3.8) is 0 Å². The van der Waals surface area contributed by atoms with Crippen molar-refractivity contribution >= 4 is 27.7 Å². The molecular weight excluding hydrogens is 416 g/mol. The molecule has 0 saturated carbocycles. The third-order valence-electron chi connectivity index (χ3n) is 5.41. The second-order valence-corrected chi connectivity index (χ2v) is 10.8. The van der Waals surface area contributed by atoms with Gasteiger partial charge < -0.3 is 5.32 Å². The molecule has 1 amide bonds. The number of thioether (sulfide) groups is 1. The highest BCUT2D eigenvalue weighted by Gasteiger charge is 2.32. The van der Waals surface area contributed by atoms with Gasteiger partial charge in [-0.2, -0.15) is 4.31 Å². The van der Waals surface area contributed by atoms with Crippen LogP contribution < -0.4 is 5.32 Å². The van der Waals surface area contributed by atoms with Crippen molar-refractivity contribution in [2.24, 2.45) is 5.92 Å². The van der Waals surface area contributed by atoms with E-state index in [2.05, 4.69) is 17.4 Å². The zero-order valence-corrected chi connectivity index (χ0v) is 19.3. The van der Waals surface area contributed by atoms with E-state index in [0.717, 1.165) is 23.3 Å². The number of nitrogens with zero attached hydrogens (tertiary/aromatic N) is 1. The monoisotopic (exact) mass is 446 g/mol. The van der Waals surface area contributed by atoms with Gasteiger partial charge in [0.15, 0.2) is 0 Å². The number of sulfonamides is 1. The fourth-order valence-corrected chi connectivity index (χ4v) is 6.27. The van der Waals surface area contributed by atoms with Crippen LogP contribution in [0.5, 0.6) is 0 Å². The van der Waals surface area contributed by atoms with Crippen molar-refractivity contribution in [2.75, 3.05) is 25.4 Å². The van der Waals surface area contributed by atoms with Crippen molar-refractivity contribution in [3.05, 3.63) is 59.7 Å². The Balaban J connectivity index is 1.42. The van der Waals surface area contributed by atoms with Crippen LogP contribution in [0, 0.1) is 19.8 Å². The van der Waals surface area contributed by atoms with Crippen molar-refractivity contribution in [1.29, 1.82) is 0 Å². The van der Waals surface area contributed by atoms with Gasteiger partial charge in [0, 0.05) is 30.4 Å². The smallest absolute Gasteiger partial charge is 0.243 e. The predicted octanol–water partition coefficient (Wildman–Crippen LogP) is 4.00. The summed E-state index contributed by atoms with van der Waals surface area (Å²) in [6.45, 7) is 5.21. The third kappa shape index (κ3) is 5.86. The minimum absolute atomic E-state index is 0.0447. The fourth-order valence-electron chi connectivity index (χ4n) is 3.72. The van der Waals surface area contributed by atoms with E-state index in [-0.39, 0.29) is 11.8 Å². The molecule has 0 aromatic heterocycles. The van der Waals surface area contributed by atoms with Gasteiger partial charge in [-0.15, -0.1) is 11.8 Å². The zero-order valence-electron chi connectivity index (χ0n) is 17.6. The van der Waals surface area contributed by atoms with E-state index >= 15 is 0 Å². The summed E-state index contributed by atoms with van der Waals surface area (Å²) in [5.74, 6) is 0.886. The molecule has 1 aliphatic heterocycles. The average molecular weight is 447 g/mol. The van der Waals surface area contributed by atoms with Crippen LogP contribution >= 0.6 is 11.8 Å². The van der Waals surface area contributed by atoms with Gasteiger partial charge in [0.25, 0.3) is 0 Å². The summed E-state index contributed by atoms with van der Waals surface area (Å²) < 4.78 is 27.5. The van der Waals surface area contributed by atoms with Crippen LogP contribution in [0.2, 0.25) is 0 Å². The molecular formula is C23H30N2O3S2. The van der Waals surface area contributed by atoms with Crippen LogP contribution in [-0.4, -0.2) is 44.0 Å². The molecule has 5 nitrogen and oxygen atoms in total. The van der Waals surface area contributed by atoms with E-state index in [1.807, 2.05) is 44.2 Å². The maximum atomic E-state index is 13.0. The maximum Gasteiger partial charge on any atom is 0.243 e. The van der Waals surface area contributed by atoms with Crippen LogP contribution in [-0.2, 0) is 14.8 Å². The molecule has 162 valence electrons. The van der Waals surface area contributed by atoms with Gasteiger partial charge in [-0.1, -0.05) is 35.9 Å². The SMILES string of the molecule is Cc1ccc(S(=O)(=O)N2CCC(C(=O)NCCCSc3ccccc3)CC2)c(C)c1. The zero-order chi connectivity index (χ0) is 21.6. The van der Waals surface area contributed by atoms with Gasteiger partial charge in [0.2, 0.25) is 15.9 Å². The van der Waals surface area contributed by atoms with Gasteiger partial charge >= 0.3 is 0 Å². The van der Waals surface area contributed by atoms with E-state index < -0.39 is 10.0 Å². The number of rotatable bonds is 8. The second kappa shape index (κ2) is 10.5. The van der Waals surface area contributed by atoms with Crippen LogP contribution in [0.25, 0.3) is 0 Å². The fraction of sp³-hybridized carbons (Fsp3) is 0.435. The van der Waals surface area contributed by atoms with Gasteiger partial charge in [-0.25, -0.2) is 8.42 Å². The number of nitrogens with one attached hydrogen (secondary N) is 1. The lowest BCUT2D eigenvalue weighted by Crippen LogP contribution is -2.43. The molecule has 1 aliphatic rings. The minimum atomic E-state index is -3.51. The number of carbonyl (C=O) groups is 1. The number of hydrogen-bond acceptors (Lipinski definition) is 4. The third-order valence-corrected chi connectivity index (χ3v) is 8.56. The Morgan fingerprint density at radius 1 is 1.10 bits per heavy atom. The summed E-state index contributed by atoms with van der Waals surface area (Å²) in [5.41, 5.74) is 1.81. The lowest BCUT2D eigenvalue weighted by atomic mass is 9.97. The van der Waals surface area contributed by atoms with E-state index in [1.165, 1.54) is 9.20 Å². The van der Waals surface area contributed by atoms with Crippen molar-refractivity contribution < 1.29 is 13.2 Å². The second-order valence-electron chi connectivity index (χ2n) is 7.75. The number of aryl methyl sites for hydroxylation is 2. The van der Waals surface area contributed by atoms with Gasteiger partial charge in [-0.05, 0) is 62.6 Å². The van der Waals surface area contributed by atoms with Crippen molar-refractivity contribution in [1.82, 2.24) is 9.62 Å². The molecule has 7 heteroatoms. The van der Waals surface area contributed by atoms with Crippen molar-refractivity contribution in [3.8, 4) is 0 Å². The first-order valence-electron chi connectivity index (χ1n) is 10.4. The number of carbonyl (C=O) groups excluding carboxylic acids is 1. The highest BCUT2D eigenvalue weighted by Crippen LogP contribution is 2.26. The standard InChI is InChI=1S/C23H30N2O3S2/c1-18-9-10-22(19(2)17-18)30(27,28)25-14-11-20(12-15-25)23(26)24-13-6-16-29-21-7-4-3-5-8-21/h3-5,7-10,17,20H,6,11-16H2,1-2H3,(H,24,26). The molecule has 1 fully saturated rings. The van der Waals surface area contributed by atoms with Gasteiger partial charge in [0.1, 0.15) is 0 Å². The van der Waals surface area contributed by atoms with E-state index in [0.29, 0.717) is 37.4 Å². The Morgan fingerprint density at radius 3 is 2.47 bits per heavy atom. The topological polar surface area (TPSA) is 66.5 Å². The van der Waals surface area contributed by atoms with E-state index in [9.17, 15) is 13.2 Å². The molecule has 0 atom stereocenters. The van der Waals surface area contributed by atoms with Gasteiger partial charge in [-0.3, -0.25) is 4.79 Å². The Labute approximate surface area is 184 Å². The first-order chi connectivity index (χ1) is 14.4. The molecule has 3 rings (SSSR count). The first-order valence-corrected chi connectivity index (χ1v) is 12.8. The Bertz CT molecular complexity index is 954. The Hall–Kier alpha value is -1.83. The summed E-state index contributed by atoms with van der Waals surface area (Å²) >= 11 is 1.79. The van der Waals surface area contributed by atoms with Gasteiger partial charge in [0.05, 0.1) is 4.90 Å². The predicted molar refractivity (Wildman–Crippen MR) is 122 cm³/mol. The molecule has 2 aromatic carbocycles. The van der Waals surface area contributed by atoms with Crippen LogP contribution in [0.4, 0.5) is 0 Å². The molecule has 0 aliphatic carbocycles. The highest BCUT2D eigenvalue weighted by molar-refractivity contribution is 7.99. The largest absolute Gasteiger partial charge is 0.356 e. The lowest BCUT2D eigenvalue weighted by Gasteiger charge is -2.31. The first kappa shape index (κ1) is 22.8. The summed E-state index contributed by atoms with van der Waals surface area (Å²) in [7, 11) is -3.51. The lowest BCUT2D eigenvalue weighted by molar-refractivity contribution is -0.126. The summed E-state index contributed by atoms with van der Waals surface area (Å²) in [6, 6.07) is 15.6. The Kier molecular flexibility index (Phi) is 7.97. The van der Waals surface area contributed by atoms with Crippen LogP contribution in [0.3, 0.4) is 0 Å². The van der Waals surface area contributed by atoms with E-state index in [4.69, 9.17) is 0 Å². The molecule has 0 unspecified atom stereocenters. The number of piperidine rings is 1. The van der Waals surface area contributed by atoms with Crippen molar-refractivity contribution in [2.45, 2.75) is 42.9 Å². The molecule has 1 saturated heterocycles.